The summed E-state index contributed by atoms with van der Waals surface area (Å²) in [6.07, 6.45) is 0.881. The van der Waals surface area contributed by atoms with Gasteiger partial charge in [-0.3, -0.25) is 4.79 Å². The van der Waals surface area contributed by atoms with E-state index in [4.69, 9.17) is 4.74 Å². The summed E-state index contributed by atoms with van der Waals surface area (Å²) in [5, 5.41) is 3.31. The predicted octanol–water partition coefficient (Wildman–Crippen LogP) is 1.79. The average Bonchev–Trinajstić information content (AvgIpc) is 2.72. The molecule has 1 saturated heterocycles. The van der Waals surface area contributed by atoms with Crippen LogP contribution in [-0.2, 0) is 11.3 Å². The summed E-state index contributed by atoms with van der Waals surface area (Å²) in [7, 11) is 1.66. The Labute approximate surface area is 114 Å². The number of rotatable bonds is 5. The molecule has 1 amide bonds. The van der Waals surface area contributed by atoms with Crippen molar-refractivity contribution in [1.82, 2.24) is 10.2 Å². The van der Waals surface area contributed by atoms with Crippen molar-refractivity contribution in [3.8, 4) is 5.75 Å². The molecule has 1 aliphatic heterocycles. The summed E-state index contributed by atoms with van der Waals surface area (Å²) < 4.78 is 5.33. The van der Waals surface area contributed by atoms with Crippen LogP contribution in [0.2, 0.25) is 0 Å². The van der Waals surface area contributed by atoms with Gasteiger partial charge in [-0.1, -0.05) is 32.0 Å². The molecule has 2 rings (SSSR count). The van der Waals surface area contributed by atoms with E-state index in [-0.39, 0.29) is 11.9 Å². The molecule has 4 nitrogen and oxygen atoms in total. The van der Waals surface area contributed by atoms with Crippen molar-refractivity contribution >= 4 is 5.91 Å². The molecule has 1 aromatic rings. The van der Waals surface area contributed by atoms with Crippen LogP contribution in [0, 0.1) is 0 Å². The van der Waals surface area contributed by atoms with Crippen LogP contribution < -0.4 is 10.1 Å². The molecule has 1 N–H and O–H groups in total. The van der Waals surface area contributed by atoms with Crippen LogP contribution in [-0.4, -0.2) is 36.5 Å². The maximum Gasteiger partial charge on any atom is 0.240 e. The molecule has 1 atom stereocenters. The summed E-state index contributed by atoms with van der Waals surface area (Å²) in [6, 6.07) is 8.16. The Hall–Kier alpha value is -1.55. The van der Waals surface area contributed by atoms with Gasteiger partial charge in [0.25, 0.3) is 0 Å². The van der Waals surface area contributed by atoms with Crippen molar-refractivity contribution in [3.05, 3.63) is 29.8 Å². The van der Waals surface area contributed by atoms with Gasteiger partial charge >= 0.3 is 0 Å². The molecule has 0 aliphatic carbocycles. The lowest BCUT2D eigenvalue weighted by molar-refractivity contribution is -0.130. The molecule has 1 aromatic carbocycles. The number of nitrogens with zero attached hydrogens (tertiary/aromatic N) is 1. The van der Waals surface area contributed by atoms with E-state index in [2.05, 4.69) is 19.2 Å². The summed E-state index contributed by atoms with van der Waals surface area (Å²) >= 11 is 0. The van der Waals surface area contributed by atoms with Gasteiger partial charge in [0.05, 0.1) is 13.2 Å². The Morgan fingerprint density at radius 2 is 2.16 bits per heavy atom. The fourth-order valence-electron chi connectivity index (χ4n) is 2.49. The Morgan fingerprint density at radius 3 is 2.84 bits per heavy atom. The second-order valence-corrected chi connectivity index (χ2v) is 5.23. The van der Waals surface area contributed by atoms with Crippen LogP contribution >= 0.6 is 0 Å². The summed E-state index contributed by atoms with van der Waals surface area (Å²) in [5.41, 5.74) is 1.06. The van der Waals surface area contributed by atoms with Crippen LogP contribution in [0.3, 0.4) is 0 Å². The smallest absolute Gasteiger partial charge is 0.240 e. The Balaban J connectivity index is 2.02. The number of ether oxygens (including phenoxy) is 1. The van der Waals surface area contributed by atoms with E-state index in [1.807, 2.05) is 29.2 Å². The normalized spacial score (nSPS) is 19.3. The van der Waals surface area contributed by atoms with Gasteiger partial charge in [-0.05, 0) is 12.5 Å². The number of carbonyl (C=O) groups is 1. The van der Waals surface area contributed by atoms with E-state index in [0.29, 0.717) is 12.6 Å². The topological polar surface area (TPSA) is 41.6 Å². The first-order valence-corrected chi connectivity index (χ1v) is 6.78. The third-order valence-corrected chi connectivity index (χ3v) is 3.39. The number of benzene rings is 1. The molecule has 0 radical (unpaired) electrons. The highest BCUT2D eigenvalue weighted by molar-refractivity contribution is 5.84. The minimum Gasteiger partial charge on any atom is -0.496 e. The number of hydrogen-bond donors (Lipinski definition) is 1. The quantitative estimate of drug-likeness (QED) is 0.879. The fourth-order valence-corrected chi connectivity index (χ4v) is 2.49. The van der Waals surface area contributed by atoms with E-state index in [0.717, 1.165) is 24.3 Å². The van der Waals surface area contributed by atoms with Crippen molar-refractivity contribution in [2.75, 3.05) is 13.7 Å². The SMILES string of the molecule is COc1ccccc1CN1CCC(NC(C)C)C1=O. The molecule has 0 bridgehead atoms. The van der Waals surface area contributed by atoms with Gasteiger partial charge in [0.2, 0.25) is 5.91 Å². The molecular formula is C15H22N2O2. The highest BCUT2D eigenvalue weighted by atomic mass is 16.5. The van der Waals surface area contributed by atoms with Crippen molar-refractivity contribution < 1.29 is 9.53 Å². The molecule has 0 saturated carbocycles. The zero-order valence-corrected chi connectivity index (χ0v) is 11.8. The third kappa shape index (κ3) is 3.26. The number of hydrogen-bond acceptors (Lipinski definition) is 3. The largest absolute Gasteiger partial charge is 0.496 e. The predicted molar refractivity (Wildman–Crippen MR) is 75.1 cm³/mol. The minimum absolute atomic E-state index is 0.0327. The summed E-state index contributed by atoms with van der Waals surface area (Å²) in [6.45, 7) is 5.56. The van der Waals surface area contributed by atoms with Gasteiger partial charge in [0.15, 0.2) is 0 Å². The first kappa shape index (κ1) is 13.9. The lowest BCUT2D eigenvalue weighted by Gasteiger charge is -2.19. The monoisotopic (exact) mass is 262 g/mol. The van der Waals surface area contributed by atoms with Gasteiger partial charge in [-0.25, -0.2) is 0 Å². The first-order chi connectivity index (χ1) is 9.11. The number of para-hydroxylation sites is 1. The molecule has 0 aromatic heterocycles. The number of nitrogens with one attached hydrogen (secondary N) is 1. The molecule has 4 heteroatoms. The highest BCUT2D eigenvalue weighted by Crippen LogP contribution is 2.22. The van der Waals surface area contributed by atoms with Crippen LogP contribution in [0.4, 0.5) is 0 Å². The lowest BCUT2D eigenvalue weighted by atomic mass is 10.2. The molecule has 1 heterocycles. The molecule has 19 heavy (non-hydrogen) atoms. The van der Waals surface area contributed by atoms with Crippen LogP contribution in [0.15, 0.2) is 24.3 Å². The fraction of sp³-hybridized carbons (Fsp3) is 0.533. The number of carbonyl (C=O) groups excluding carboxylic acids is 1. The Bertz CT molecular complexity index is 446. The van der Waals surface area contributed by atoms with Gasteiger partial charge in [-0.15, -0.1) is 0 Å². The number of amides is 1. The van der Waals surface area contributed by atoms with Crippen molar-refractivity contribution in [2.24, 2.45) is 0 Å². The Morgan fingerprint density at radius 1 is 1.42 bits per heavy atom. The van der Waals surface area contributed by atoms with E-state index < -0.39 is 0 Å². The zero-order chi connectivity index (χ0) is 13.8. The van der Waals surface area contributed by atoms with E-state index in [1.54, 1.807) is 7.11 Å². The van der Waals surface area contributed by atoms with Crippen molar-refractivity contribution in [1.29, 1.82) is 0 Å². The van der Waals surface area contributed by atoms with E-state index in [9.17, 15) is 4.79 Å². The van der Waals surface area contributed by atoms with E-state index >= 15 is 0 Å². The minimum atomic E-state index is -0.0327. The zero-order valence-electron chi connectivity index (χ0n) is 11.8. The molecule has 1 unspecified atom stereocenters. The van der Waals surface area contributed by atoms with E-state index in [1.165, 1.54) is 0 Å². The molecule has 1 fully saturated rings. The summed E-state index contributed by atoms with van der Waals surface area (Å²) in [5.74, 6) is 1.04. The average molecular weight is 262 g/mol. The lowest BCUT2D eigenvalue weighted by Crippen LogP contribution is -2.41. The van der Waals surface area contributed by atoms with Gasteiger partial charge in [-0.2, -0.15) is 0 Å². The molecule has 0 spiro atoms. The maximum atomic E-state index is 12.3. The second kappa shape index (κ2) is 6.06. The molecule has 1 aliphatic rings. The van der Waals surface area contributed by atoms with Crippen molar-refractivity contribution in [3.63, 3.8) is 0 Å². The molecular weight excluding hydrogens is 240 g/mol. The van der Waals surface area contributed by atoms with Gasteiger partial charge in [0.1, 0.15) is 5.75 Å². The number of methoxy groups -OCH3 is 1. The highest BCUT2D eigenvalue weighted by Gasteiger charge is 2.31. The maximum absolute atomic E-state index is 12.3. The standard InChI is InChI=1S/C15H22N2O2/c1-11(2)16-13-8-9-17(15(13)18)10-12-6-4-5-7-14(12)19-3/h4-7,11,13,16H,8-10H2,1-3H3. The van der Waals surface area contributed by atoms with Crippen molar-refractivity contribution in [2.45, 2.75) is 38.9 Å². The van der Waals surface area contributed by atoms with Crippen LogP contribution in [0.25, 0.3) is 0 Å². The number of likely N-dealkylation sites (tertiary alicyclic amines) is 1. The van der Waals surface area contributed by atoms with Crippen LogP contribution in [0.1, 0.15) is 25.8 Å². The second-order valence-electron chi connectivity index (χ2n) is 5.23. The van der Waals surface area contributed by atoms with Crippen LogP contribution in [0.5, 0.6) is 5.75 Å². The van der Waals surface area contributed by atoms with Gasteiger partial charge < -0.3 is 15.0 Å². The summed E-state index contributed by atoms with van der Waals surface area (Å²) in [4.78, 5) is 14.2. The first-order valence-electron chi connectivity index (χ1n) is 6.78. The Kier molecular flexibility index (Phi) is 4.43. The molecule has 104 valence electrons. The van der Waals surface area contributed by atoms with Gasteiger partial charge in [0, 0.05) is 24.7 Å². The third-order valence-electron chi connectivity index (χ3n) is 3.39.